The SMILES string of the molecule is O=C(c1cccnc1)N1CCC[C@H](O)C1. The molecule has 0 unspecified atom stereocenters. The van der Waals surface area contributed by atoms with Crippen molar-refractivity contribution in [3.05, 3.63) is 30.1 Å². The van der Waals surface area contributed by atoms with Crippen LogP contribution in [0.5, 0.6) is 0 Å². The summed E-state index contributed by atoms with van der Waals surface area (Å²) in [5.74, 6) is -0.0400. The molecule has 0 aromatic carbocycles. The van der Waals surface area contributed by atoms with Gasteiger partial charge in [-0.2, -0.15) is 0 Å². The number of aromatic nitrogens is 1. The molecule has 1 atom stereocenters. The molecule has 1 aliphatic heterocycles. The first-order valence-corrected chi connectivity index (χ1v) is 5.15. The molecule has 1 aromatic heterocycles. The molecule has 1 amide bonds. The molecule has 1 saturated heterocycles. The summed E-state index contributed by atoms with van der Waals surface area (Å²) in [4.78, 5) is 17.5. The minimum atomic E-state index is -0.376. The number of aliphatic hydroxyl groups excluding tert-OH is 1. The molecule has 0 radical (unpaired) electrons. The third kappa shape index (κ3) is 2.33. The van der Waals surface area contributed by atoms with Gasteiger partial charge in [-0.05, 0) is 25.0 Å². The number of aliphatic hydroxyl groups is 1. The van der Waals surface area contributed by atoms with Crippen LogP contribution in [0.4, 0.5) is 0 Å². The number of pyridine rings is 1. The maximum atomic E-state index is 11.9. The summed E-state index contributed by atoms with van der Waals surface area (Å²) in [6.07, 6.45) is 4.48. The highest BCUT2D eigenvalue weighted by Crippen LogP contribution is 2.12. The Balaban J connectivity index is 2.08. The minimum Gasteiger partial charge on any atom is -0.391 e. The van der Waals surface area contributed by atoms with Crippen LogP contribution in [0.15, 0.2) is 24.5 Å². The first-order chi connectivity index (χ1) is 7.27. The van der Waals surface area contributed by atoms with Gasteiger partial charge >= 0.3 is 0 Å². The predicted molar refractivity (Wildman–Crippen MR) is 55.4 cm³/mol. The lowest BCUT2D eigenvalue weighted by Crippen LogP contribution is -2.42. The van der Waals surface area contributed by atoms with Crippen LogP contribution in [0.1, 0.15) is 23.2 Å². The summed E-state index contributed by atoms with van der Waals surface area (Å²) < 4.78 is 0. The van der Waals surface area contributed by atoms with Crippen LogP contribution in [-0.2, 0) is 0 Å². The van der Waals surface area contributed by atoms with E-state index in [2.05, 4.69) is 4.98 Å². The van der Waals surface area contributed by atoms with Gasteiger partial charge in [0.2, 0.25) is 0 Å². The van der Waals surface area contributed by atoms with Crippen molar-refractivity contribution in [2.75, 3.05) is 13.1 Å². The number of rotatable bonds is 1. The monoisotopic (exact) mass is 206 g/mol. The number of likely N-dealkylation sites (tertiary alicyclic amines) is 1. The van der Waals surface area contributed by atoms with E-state index in [0.29, 0.717) is 12.1 Å². The Morgan fingerprint density at radius 2 is 2.47 bits per heavy atom. The van der Waals surface area contributed by atoms with E-state index < -0.39 is 0 Å². The van der Waals surface area contributed by atoms with E-state index in [1.165, 1.54) is 0 Å². The maximum Gasteiger partial charge on any atom is 0.255 e. The summed E-state index contributed by atoms with van der Waals surface area (Å²) in [6, 6.07) is 3.49. The van der Waals surface area contributed by atoms with Gasteiger partial charge in [-0.1, -0.05) is 0 Å². The van der Waals surface area contributed by atoms with Crippen LogP contribution in [0, 0.1) is 0 Å². The van der Waals surface area contributed by atoms with Gasteiger partial charge in [-0.25, -0.2) is 0 Å². The molecule has 0 bridgehead atoms. The van der Waals surface area contributed by atoms with Crippen LogP contribution in [0.2, 0.25) is 0 Å². The number of β-amino-alcohol motifs (C(OH)–C–C–N with tert-alkyl or cyclic N) is 1. The van der Waals surface area contributed by atoms with Crippen LogP contribution in [-0.4, -0.2) is 40.1 Å². The van der Waals surface area contributed by atoms with Gasteiger partial charge in [-0.3, -0.25) is 9.78 Å². The van der Waals surface area contributed by atoms with E-state index in [-0.39, 0.29) is 12.0 Å². The third-order valence-corrected chi connectivity index (χ3v) is 2.59. The lowest BCUT2D eigenvalue weighted by molar-refractivity contribution is 0.0473. The van der Waals surface area contributed by atoms with E-state index >= 15 is 0 Å². The van der Waals surface area contributed by atoms with Gasteiger partial charge in [0.1, 0.15) is 0 Å². The number of hydrogen-bond donors (Lipinski definition) is 1. The average Bonchev–Trinajstić information content (AvgIpc) is 2.29. The molecule has 4 heteroatoms. The second kappa shape index (κ2) is 4.40. The second-order valence-electron chi connectivity index (χ2n) is 3.79. The summed E-state index contributed by atoms with van der Waals surface area (Å²) in [5.41, 5.74) is 0.589. The highest BCUT2D eigenvalue weighted by Gasteiger charge is 2.22. The highest BCUT2D eigenvalue weighted by molar-refractivity contribution is 5.93. The van der Waals surface area contributed by atoms with Crippen molar-refractivity contribution in [2.24, 2.45) is 0 Å². The quantitative estimate of drug-likeness (QED) is 0.735. The van der Waals surface area contributed by atoms with Crippen molar-refractivity contribution >= 4 is 5.91 Å². The average molecular weight is 206 g/mol. The van der Waals surface area contributed by atoms with Crippen LogP contribution in [0.3, 0.4) is 0 Å². The van der Waals surface area contributed by atoms with Gasteiger partial charge in [0.05, 0.1) is 11.7 Å². The molecule has 2 heterocycles. The molecular weight excluding hydrogens is 192 g/mol. The molecular formula is C11H14N2O2. The molecule has 0 spiro atoms. The molecule has 4 nitrogen and oxygen atoms in total. The van der Waals surface area contributed by atoms with Crippen LogP contribution < -0.4 is 0 Å². The fourth-order valence-electron chi connectivity index (χ4n) is 1.81. The molecule has 0 aliphatic carbocycles. The molecule has 80 valence electrons. The summed E-state index contributed by atoms with van der Waals surface area (Å²) in [6.45, 7) is 1.17. The second-order valence-corrected chi connectivity index (χ2v) is 3.79. The standard InChI is InChI=1S/C11H14N2O2/c14-10-4-2-6-13(8-10)11(15)9-3-1-5-12-7-9/h1,3,5,7,10,14H,2,4,6,8H2/t10-/m0/s1. The Bertz CT molecular complexity index is 340. The Morgan fingerprint density at radius 3 is 3.13 bits per heavy atom. The van der Waals surface area contributed by atoms with Crippen molar-refractivity contribution < 1.29 is 9.90 Å². The van der Waals surface area contributed by atoms with Crippen LogP contribution >= 0.6 is 0 Å². The fourth-order valence-corrected chi connectivity index (χ4v) is 1.81. The van der Waals surface area contributed by atoms with Crippen molar-refractivity contribution in [3.63, 3.8) is 0 Å². The number of carbonyl (C=O) groups excluding carboxylic acids is 1. The van der Waals surface area contributed by atoms with Gasteiger partial charge in [-0.15, -0.1) is 0 Å². The van der Waals surface area contributed by atoms with Gasteiger partial charge in [0.25, 0.3) is 5.91 Å². The van der Waals surface area contributed by atoms with Crippen molar-refractivity contribution in [2.45, 2.75) is 18.9 Å². The van der Waals surface area contributed by atoms with Crippen molar-refractivity contribution in [3.8, 4) is 0 Å². The largest absolute Gasteiger partial charge is 0.391 e. The Labute approximate surface area is 88.6 Å². The summed E-state index contributed by atoms with van der Waals surface area (Å²) >= 11 is 0. The van der Waals surface area contributed by atoms with Gasteiger partial charge in [0, 0.05) is 25.5 Å². The lowest BCUT2D eigenvalue weighted by Gasteiger charge is -2.30. The van der Waals surface area contributed by atoms with E-state index in [4.69, 9.17) is 0 Å². The minimum absolute atomic E-state index is 0.0400. The maximum absolute atomic E-state index is 11.9. The first kappa shape index (κ1) is 10.1. The van der Waals surface area contributed by atoms with Gasteiger partial charge in [0.15, 0.2) is 0 Å². The molecule has 15 heavy (non-hydrogen) atoms. The van der Waals surface area contributed by atoms with E-state index in [1.807, 2.05) is 0 Å². The number of hydrogen-bond acceptors (Lipinski definition) is 3. The zero-order valence-electron chi connectivity index (χ0n) is 8.47. The lowest BCUT2D eigenvalue weighted by atomic mass is 10.1. The number of nitrogens with zero attached hydrogens (tertiary/aromatic N) is 2. The Hall–Kier alpha value is -1.42. The summed E-state index contributed by atoms with van der Waals surface area (Å²) in [5, 5.41) is 9.47. The molecule has 1 fully saturated rings. The van der Waals surface area contributed by atoms with Crippen molar-refractivity contribution in [1.29, 1.82) is 0 Å². The molecule has 1 aromatic rings. The normalized spacial score (nSPS) is 21.4. The topological polar surface area (TPSA) is 53.4 Å². The first-order valence-electron chi connectivity index (χ1n) is 5.15. The molecule has 0 saturated carbocycles. The third-order valence-electron chi connectivity index (χ3n) is 2.59. The summed E-state index contributed by atoms with van der Waals surface area (Å²) in [7, 11) is 0. The van der Waals surface area contributed by atoms with E-state index in [0.717, 1.165) is 19.4 Å². The smallest absolute Gasteiger partial charge is 0.255 e. The number of amides is 1. The van der Waals surface area contributed by atoms with E-state index in [9.17, 15) is 9.90 Å². The zero-order chi connectivity index (χ0) is 10.7. The Kier molecular flexibility index (Phi) is 2.97. The molecule has 1 aliphatic rings. The van der Waals surface area contributed by atoms with E-state index in [1.54, 1.807) is 29.4 Å². The fraction of sp³-hybridized carbons (Fsp3) is 0.455. The van der Waals surface area contributed by atoms with Crippen molar-refractivity contribution in [1.82, 2.24) is 9.88 Å². The van der Waals surface area contributed by atoms with Gasteiger partial charge < -0.3 is 10.0 Å². The zero-order valence-corrected chi connectivity index (χ0v) is 8.47. The number of carbonyl (C=O) groups is 1. The molecule has 2 rings (SSSR count). The highest BCUT2D eigenvalue weighted by atomic mass is 16.3. The Morgan fingerprint density at radius 1 is 1.60 bits per heavy atom. The molecule has 1 N–H and O–H groups in total. The number of piperidine rings is 1. The predicted octanol–water partition coefficient (Wildman–Crippen LogP) is 0.678. The van der Waals surface area contributed by atoms with Crippen LogP contribution in [0.25, 0.3) is 0 Å².